The number of allylic oxidation sites excluding steroid dienone is 4. The summed E-state index contributed by atoms with van der Waals surface area (Å²) in [6.45, 7) is 10.8. The standard InChI is InChI=1S/C13H24BN/c1-7-9(3)13(11(5)15-6)10(4)12(14)8-2/h7-8,11,15H,14H2,1-6H3/b9-7-,12-8+,13-10-. The fourth-order valence-corrected chi connectivity index (χ4v) is 1.69. The average molecular weight is 205 g/mol. The topological polar surface area (TPSA) is 12.0 Å². The molecule has 0 radical (unpaired) electrons. The van der Waals surface area contributed by atoms with Gasteiger partial charge in [0.2, 0.25) is 0 Å². The number of likely N-dealkylation sites (N-methyl/N-ethyl adjacent to an activating group) is 1. The molecule has 84 valence electrons. The molecule has 0 aliphatic heterocycles. The molecule has 1 N–H and O–H groups in total. The Hall–Kier alpha value is -0.755. The molecular weight excluding hydrogens is 181 g/mol. The Balaban J connectivity index is 5.45. The first kappa shape index (κ1) is 14.2. The summed E-state index contributed by atoms with van der Waals surface area (Å²) in [5, 5.41) is 3.31. The summed E-state index contributed by atoms with van der Waals surface area (Å²) < 4.78 is 0. The molecule has 0 aromatic carbocycles. The van der Waals surface area contributed by atoms with Gasteiger partial charge in [-0.05, 0) is 47.2 Å². The summed E-state index contributed by atoms with van der Waals surface area (Å²) in [5.41, 5.74) is 5.51. The largest absolute Gasteiger partial charge is 0.313 e. The van der Waals surface area contributed by atoms with Crippen molar-refractivity contribution in [1.29, 1.82) is 0 Å². The van der Waals surface area contributed by atoms with Crippen molar-refractivity contribution in [3.8, 4) is 0 Å². The molecule has 0 spiro atoms. The van der Waals surface area contributed by atoms with Crippen LogP contribution in [-0.4, -0.2) is 20.9 Å². The lowest BCUT2D eigenvalue weighted by molar-refractivity contribution is 0.692. The zero-order chi connectivity index (χ0) is 12.0. The molecule has 1 unspecified atom stereocenters. The second kappa shape index (κ2) is 6.68. The molecule has 2 heteroatoms. The Labute approximate surface area is 95.8 Å². The van der Waals surface area contributed by atoms with E-state index >= 15 is 0 Å². The van der Waals surface area contributed by atoms with Crippen LogP contribution < -0.4 is 5.32 Å². The Bertz CT molecular complexity index is 298. The lowest BCUT2D eigenvalue weighted by atomic mass is 9.82. The molecule has 0 fully saturated rings. The molecule has 0 aromatic rings. The van der Waals surface area contributed by atoms with Gasteiger partial charge in [0.15, 0.2) is 0 Å². The molecule has 0 heterocycles. The van der Waals surface area contributed by atoms with Crippen molar-refractivity contribution in [2.75, 3.05) is 7.05 Å². The van der Waals surface area contributed by atoms with Gasteiger partial charge in [-0.15, -0.1) is 0 Å². The van der Waals surface area contributed by atoms with E-state index in [0.29, 0.717) is 6.04 Å². The van der Waals surface area contributed by atoms with Crippen molar-refractivity contribution >= 4 is 7.85 Å². The Morgan fingerprint density at radius 1 is 1.20 bits per heavy atom. The van der Waals surface area contributed by atoms with Gasteiger partial charge in [0.05, 0.1) is 0 Å². The van der Waals surface area contributed by atoms with Crippen LogP contribution in [0.1, 0.15) is 34.6 Å². The highest BCUT2D eigenvalue weighted by Gasteiger charge is 2.11. The van der Waals surface area contributed by atoms with E-state index in [0.717, 1.165) is 0 Å². The van der Waals surface area contributed by atoms with E-state index in [1.54, 1.807) is 0 Å². The molecule has 0 aliphatic carbocycles. The van der Waals surface area contributed by atoms with E-state index < -0.39 is 0 Å². The van der Waals surface area contributed by atoms with Gasteiger partial charge < -0.3 is 5.32 Å². The molecule has 0 aliphatic rings. The molecular formula is C13H24BN. The number of nitrogens with one attached hydrogen (secondary N) is 1. The first-order chi connectivity index (χ1) is 6.99. The van der Waals surface area contributed by atoms with Gasteiger partial charge in [-0.1, -0.05) is 28.8 Å². The van der Waals surface area contributed by atoms with Crippen molar-refractivity contribution < 1.29 is 0 Å². The minimum atomic E-state index is 0.399. The second-order valence-electron chi connectivity index (χ2n) is 3.99. The van der Waals surface area contributed by atoms with Crippen LogP contribution in [0, 0.1) is 0 Å². The quantitative estimate of drug-likeness (QED) is 0.549. The zero-order valence-electron chi connectivity index (χ0n) is 11.2. The van der Waals surface area contributed by atoms with Crippen LogP contribution in [0.15, 0.2) is 34.3 Å². The first-order valence-electron chi connectivity index (χ1n) is 5.64. The molecule has 0 aromatic heterocycles. The number of hydrogen-bond donors (Lipinski definition) is 1. The first-order valence-corrected chi connectivity index (χ1v) is 5.64. The summed E-state index contributed by atoms with van der Waals surface area (Å²) in [4.78, 5) is 0. The summed E-state index contributed by atoms with van der Waals surface area (Å²) in [6, 6.07) is 0.399. The minimum absolute atomic E-state index is 0.399. The SMILES string of the molecule is BC(=C/C)/C(C)=C(/C(C)=C\C)C(C)NC. The lowest BCUT2D eigenvalue weighted by Gasteiger charge is -2.20. The van der Waals surface area contributed by atoms with Crippen molar-refractivity contribution in [2.45, 2.75) is 40.7 Å². The maximum atomic E-state index is 3.31. The highest BCUT2D eigenvalue weighted by Crippen LogP contribution is 2.22. The van der Waals surface area contributed by atoms with Gasteiger partial charge >= 0.3 is 0 Å². The van der Waals surface area contributed by atoms with Crippen LogP contribution in [0.25, 0.3) is 0 Å². The van der Waals surface area contributed by atoms with Crippen molar-refractivity contribution in [3.05, 3.63) is 34.3 Å². The van der Waals surface area contributed by atoms with Gasteiger partial charge in [0.25, 0.3) is 0 Å². The maximum absolute atomic E-state index is 3.31. The van der Waals surface area contributed by atoms with Crippen LogP contribution in [0.3, 0.4) is 0 Å². The molecule has 0 bridgehead atoms. The third kappa shape index (κ3) is 3.71. The molecule has 15 heavy (non-hydrogen) atoms. The monoisotopic (exact) mass is 205 g/mol. The average Bonchev–Trinajstić information content (AvgIpc) is 2.27. The van der Waals surface area contributed by atoms with Crippen LogP contribution in [-0.2, 0) is 0 Å². The molecule has 0 saturated carbocycles. The van der Waals surface area contributed by atoms with Gasteiger partial charge in [-0.25, -0.2) is 0 Å². The van der Waals surface area contributed by atoms with E-state index in [-0.39, 0.29) is 0 Å². The van der Waals surface area contributed by atoms with E-state index in [2.05, 4.69) is 59.9 Å². The predicted molar refractivity (Wildman–Crippen MR) is 73.0 cm³/mol. The third-order valence-corrected chi connectivity index (χ3v) is 3.15. The smallest absolute Gasteiger partial charge is 0.139 e. The van der Waals surface area contributed by atoms with Gasteiger partial charge in [0, 0.05) is 6.04 Å². The summed E-state index contributed by atoms with van der Waals surface area (Å²) in [5.74, 6) is 0. The van der Waals surface area contributed by atoms with Crippen molar-refractivity contribution in [2.24, 2.45) is 0 Å². The zero-order valence-corrected chi connectivity index (χ0v) is 11.2. The van der Waals surface area contributed by atoms with Crippen molar-refractivity contribution in [1.82, 2.24) is 5.32 Å². The Kier molecular flexibility index (Phi) is 6.34. The fourth-order valence-electron chi connectivity index (χ4n) is 1.69. The number of rotatable bonds is 4. The van der Waals surface area contributed by atoms with E-state index in [1.165, 1.54) is 22.2 Å². The minimum Gasteiger partial charge on any atom is -0.313 e. The molecule has 1 atom stereocenters. The summed E-state index contributed by atoms with van der Waals surface area (Å²) >= 11 is 0. The van der Waals surface area contributed by atoms with Crippen LogP contribution in [0.2, 0.25) is 0 Å². The van der Waals surface area contributed by atoms with Crippen LogP contribution >= 0.6 is 0 Å². The van der Waals surface area contributed by atoms with Crippen LogP contribution in [0.4, 0.5) is 0 Å². The summed E-state index contributed by atoms with van der Waals surface area (Å²) in [7, 11) is 4.17. The Morgan fingerprint density at radius 2 is 1.73 bits per heavy atom. The molecule has 0 amide bonds. The van der Waals surface area contributed by atoms with E-state index in [4.69, 9.17) is 0 Å². The highest BCUT2D eigenvalue weighted by molar-refractivity contribution is 6.24. The molecule has 0 rings (SSSR count). The van der Waals surface area contributed by atoms with Gasteiger partial charge in [0.1, 0.15) is 7.85 Å². The highest BCUT2D eigenvalue weighted by atomic mass is 14.9. The maximum Gasteiger partial charge on any atom is 0.139 e. The van der Waals surface area contributed by atoms with E-state index in [1.807, 2.05) is 7.05 Å². The van der Waals surface area contributed by atoms with Gasteiger partial charge in [-0.2, -0.15) is 0 Å². The molecule has 0 saturated heterocycles. The lowest BCUT2D eigenvalue weighted by Crippen LogP contribution is -2.25. The predicted octanol–water partition coefficient (Wildman–Crippen LogP) is 2.41. The third-order valence-electron chi connectivity index (χ3n) is 3.15. The number of hydrogen-bond acceptors (Lipinski definition) is 1. The fraction of sp³-hybridized carbons (Fsp3) is 0.538. The van der Waals surface area contributed by atoms with Gasteiger partial charge in [-0.3, -0.25) is 0 Å². The second-order valence-corrected chi connectivity index (χ2v) is 3.99. The summed E-state index contributed by atoms with van der Waals surface area (Å²) in [6.07, 6.45) is 4.34. The Morgan fingerprint density at radius 3 is 2.07 bits per heavy atom. The van der Waals surface area contributed by atoms with Crippen molar-refractivity contribution in [3.63, 3.8) is 0 Å². The van der Waals surface area contributed by atoms with Crippen LogP contribution in [0.5, 0.6) is 0 Å². The normalized spacial score (nSPS) is 17.5. The van der Waals surface area contributed by atoms with E-state index in [9.17, 15) is 0 Å². The molecule has 1 nitrogen and oxygen atoms in total.